The van der Waals surface area contributed by atoms with Crippen molar-refractivity contribution < 1.29 is 19.8 Å². The molecule has 31 heavy (non-hydrogen) atoms. The largest absolute Gasteiger partial charge is 0.465 e. The summed E-state index contributed by atoms with van der Waals surface area (Å²) in [5.74, 6) is 0.326. The number of carboxylic acid groups (broad SMARTS) is 1. The molecule has 0 fully saturated rings. The Hall–Kier alpha value is -3.65. The van der Waals surface area contributed by atoms with Gasteiger partial charge in [-0.1, -0.05) is 42.5 Å². The normalized spacial score (nSPS) is 14.1. The molecule has 0 bridgehead atoms. The van der Waals surface area contributed by atoms with Crippen molar-refractivity contribution in [2.24, 2.45) is 0 Å². The Morgan fingerprint density at radius 3 is 2.61 bits per heavy atom. The summed E-state index contributed by atoms with van der Waals surface area (Å²) in [7, 11) is 0. The molecule has 2 heterocycles. The molecule has 4 rings (SSSR count). The highest BCUT2D eigenvalue weighted by Crippen LogP contribution is 2.23. The van der Waals surface area contributed by atoms with Gasteiger partial charge < -0.3 is 25.0 Å². The topological polar surface area (TPSA) is 108 Å². The maximum absolute atomic E-state index is 13.1. The molecule has 0 radical (unpaired) electrons. The Labute approximate surface area is 179 Å². The fraction of sp³-hybridized carbons (Fsp3) is 0.261. The lowest BCUT2D eigenvalue weighted by Crippen LogP contribution is -2.38. The van der Waals surface area contributed by atoms with Gasteiger partial charge in [-0.3, -0.25) is 4.79 Å². The Morgan fingerprint density at radius 2 is 1.90 bits per heavy atom. The van der Waals surface area contributed by atoms with Crippen LogP contribution in [0.25, 0.3) is 0 Å². The minimum Gasteiger partial charge on any atom is -0.465 e. The van der Waals surface area contributed by atoms with Crippen LogP contribution < -0.4 is 5.32 Å². The molecule has 1 atom stereocenters. The number of anilines is 1. The van der Waals surface area contributed by atoms with Crippen LogP contribution in [0, 0.1) is 0 Å². The van der Waals surface area contributed by atoms with E-state index in [0.717, 1.165) is 11.4 Å². The van der Waals surface area contributed by atoms with E-state index >= 15 is 0 Å². The molecule has 1 aromatic heterocycles. The van der Waals surface area contributed by atoms with E-state index in [2.05, 4.69) is 10.3 Å². The van der Waals surface area contributed by atoms with Crippen LogP contribution in [-0.2, 0) is 19.5 Å². The summed E-state index contributed by atoms with van der Waals surface area (Å²) in [4.78, 5) is 30.5. The Morgan fingerprint density at radius 1 is 1.13 bits per heavy atom. The predicted molar refractivity (Wildman–Crippen MR) is 115 cm³/mol. The van der Waals surface area contributed by atoms with E-state index in [0.29, 0.717) is 36.5 Å². The molecule has 1 aliphatic rings. The van der Waals surface area contributed by atoms with Crippen LogP contribution >= 0.6 is 0 Å². The lowest BCUT2D eigenvalue weighted by molar-refractivity contribution is 0.101. The van der Waals surface area contributed by atoms with Crippen molar-refractivity contribution in [1.82, 2.24) is 14.5 Å². The molecule has 160 valence electrons. The Bertz CT molecular complexity index is 1110. The molecule has 0 spiro atoms. The van der Waals surface area contributed by atoms with Gasteiger partial charge in [0.15, 0.2) is 5.69 Å². The highest BCUT2D eigenvalue weighted by atomic mass is 16.4. The van der Waals surface area contributed by atoms with Gasteiger partial charge in [0.2, 0.25) is 0 Å². The molecule has 1 aliphatic heterocycles. The molecule has 0 aliphatic carbocycles. The number of carbonyl (C=O) groups is 2. The summed E-state index contributed by atoms with van der Waals surface area (Å²) >= 11 is 0. The van der Waals surface area contributed by atoms with E-state index in [-0.39, 0.29) is 12.2 Å². The molecule has 3 aromatic rings. The predicted octanol–water partition coefficient (Wildman–Crippen LogP) is 3.27. The minimum absolute atomic E-state index is 0.105. The zero-order chi connectivity index (χ0) is 22.0. The van der Waals surface area contributed by atoms with E-state index in [1.807, 2.05) is 34.9 Å². The maximum Gasteiger partial charge on any atom is 0.407 e. The summed E-state index contributed by atoms with van der Waals surface area (Å²) in [5.41, 5.74) is 3.10. The monoisotopic (exact) mass is 420 g/mol. The number of aliphatic hydroxyl groups is 1. The van der Waals surface area contributed by atoms with Crippen LogP contribution in [0.4, 0.5) is 10.5 Å². The number of hydrogen-bond donors (Lipinski definition) is 3. The first kappa shape index (κ1) is 20.6. The van der Waals surface area contributed by atoms with Crippen molar-refractivity contribution in [3.8, 4) is 0 Å². The van der Waals surface area contributed by atoms with E-state index in [9.17, 15) is 19.8 Å². The number of nitrogens with one attached hydrogen (secondary N) is 1. The number of amides is 2. The zero-order valence-electron chi connectivity index (χ0n) is 17.2. The van der Waals surface area contributed by atoms with Gasteiger partial charge >= 0.3 is 6.09 Å². The van der Waals surface area contributed by atoms with Crippen molar-refractivity contribution in [3.05, 3.63) is 82.9 Å². The summed E-state index contributed by atoms with van der Waals surface area (Å²) in [6.45, 7) is 2.55. The lowest BCUT2D eigenvalue weighted by atomic mass is 10.1. The summed E-state index contributed by atoms with van der Waals surface area (Å²) < 4.78 is 1.95. The standard InChI is InChI=1S/C23H24N4O4/c1-15(28)17-8-5-9-18(13-17)24-22(29)21-19-14-26(23(30)31)10-11-27(19)20(25-21)12-16-6-3-2-4-7-16/h2-9,13,15,28H,10-12,14H2,1H3,(H,24,29)(H,30,31). The van der Waals surface area contributed by atoms with Gasteiger partial charge in [-0.15, -0.1) is 0 Å². The minimum atomic E-state index is -1.02. The second-order valence-electron chi connectivity index (χ2n) is 7.60. The molecule has 0 saturated heterocycles. The van der Waals surface area contributed by atoms with Gasteiger partial charge in [-0.05, 0) is 30.2 Å². The van der Waals surface area contributed by atoms with Crippen molar-refractivity contribution in [1.29, 1.82) is 0 Å². The van der Waals surface area contributed by atoms with Gasteiger partial charge in [0.25, 0.3) is 5.91 Å². The number of fused-ring (bicyclic) bond motifs is 1. The summed E-state index contributed by atoms with van der Waals surface area (Å²) in [6.07, 6.45) is -1.13. The second kappa shape index (κ2) is 8.61. The number of benzene rings is 2. The van der Waals surface area contributed by atoms with Crippen LogP contribution in [-0.4, -0.2) is 43.2 Å². The van der Waals surface area contributed by atoms with Gasteiger partial charge in [0.05, 0.1) is 18.3 Å². The number of hydrogen-bond acceptors (Lipinski definition) is 4. The number of aliphatic hydroxyl groups excluding tert-OH is 1. The lowest BCUT2D eigenvalue weighted by Gasteiger charge is -2.27. The van der Waals surface area contributed by atoms with Crippen LogP contribution in [0.1, 0.15) is 46.2 Å². The fourth-order valence-corrected chi connectivity index (χ4v) is 3.77. The highest BCUT2D eigenvalue weighted by Gasteiger charge is 2.29. The first-order valence-electron chi connectivity index (χ1n) is 10.1. The molecule has 1 unspecified atom stereocenters. The third-order valence-corrected chi connectivity index (χ3v) is 5.40. The molecular weight excluding hydrogens is 396 g/mol. The zero-order valence-corrected chi connectivity index (χ0v) is 17.2. The summed E-state index contributed by atoms with van der Waals surface area (Å²) in [5, 5.41) is 22.1. The van der Waals surface area contributed by atoms with Crippen LogP contribution in [0.3, 0.4) is 0 Å². The first-order valence-corrected chi connectivity index (χ1v) is 10.1. The second-order valence-corrected chi connectivity index (χ2v) is 7.60. The number of carbonyl (C=O) groups excluding carboxylic acids is 1. The van der Waals surface area contributed by atoms with Gasteiger partial charge in [-0.25, -0.2) is 9.78 Å². The van der Waals surface area contributed by atoms with Crippen LogP contribution in [0.2, 0.25) is 0 Å². The first-order chi connectivity index (χ1) is 14.9. The van der Waals surface area contributed by atoms with Crippen molar-refractivity contribution in [3.63, 3.8) is 0 Å². The number of aromatic nitrogens is 2. The molecule has 8 heteroatoms. The smallest absolute Gasteiger partial charge is 0.407 e. The molecule has 3 N–H and O–H groups in total. The fourth-order valence-electron chi connectivity index (χ4n) is 3.77. The van der Waals surface area contributed by atoms with E-state index < -0.39 is 18.1 Å². The molecule has 8 nitrogen and oxygen atoms in total. The molecular formula is C23H24N4O4. The average molecular weight is 420 g/mol. The number of imidazole rings is 1. The number of rotatable bonds is 5. The van der Waals surface area contributed by atoms with Crippen LogP contribution in [0.15, 0.2) is 54.6 Å². The summed E-state index contributed by atoms with van der Waals surface area (Å²) in [6, 6.07) is 16.8. The van der Waals surface area contributed by atoms with Crippen LogP contribution in [0.5, 0.6) is 0 Å². The average Bonchev–Trinajstić information content (AvgIpc) is 3.12. The van der Waals surface area contributed by atoms with Gasteiger partial charge in [0.1, 0.15) is 5.82 Å². The molecule has 2 amide bonds. The van der Waals surface area contributed by atoms with Crippen molar-refractivity contribution in [2.45, 2.75) is 32.5 Å². The van der Waals surface area contributed by atoms with Crippen molar-refractivity contribution in [2.75, 3.05) is 11.9 Å². The number of nitrogens with zero attached hydrogens (tertiary/aromatic N) is 3. The Balaban J connectivity index is 1.66. The van der Waals surface area contributed by atoms with Gasteiger partial charge in [0, 0.05) is 25.2 Å². The SMILES string of the molecule is CC(O)c1cccc(NC(=O)c2nc(Cc3ccccc3)n3c2CN(C(=O)O)CC3)c1. The third kappa shape index (κ3) is 4.44. The molecule has 0 saturated carbocycles. The van der Waals surface area contributed by atoms with E-state index in [1.165, 1.54) is 4.90 Å². The van der Waals surface area contributed by atoms with E-state index in [1.54, 1.807) is 31.2 Å². The maximum atomic E-state index is 13.1. The highest BCUT2D eigenvalue weighted by molar-refractivity contribution is 6.04. The Kier molecular flexibility index (Phi) is 5.73. The van der Waals surface area contributed by atoms with E-state index in [4.69, 9.17) is 0 Å². The third-order valence-electron chi connectivity index (χ3n) is 5.40. The van der Waals surface area contributed by atoms with Crippen molar-refractivity contribution >= 4 is 17.7 Å². The van der Waals surface area contributed by atoms with Gasteiger partial charge in [-0.2, -0.15) is 0 Å². The molecule has 2 aromatic carbocycles. The quantitative estimate of drug-likeness (QED) is 0.587.